The molecule has 17 heteroatoms. The minimum atomic E-state index is -1.82. The molecule has 0 aromatic heterocycles. The second-order valence-corrected chi connectivity index (χ2v) is 21.1. The summed E-state index contributed by atoms with van der Waals surface area (Å²) >= 11 is 0. The van der Waals surface area contributed by atoms with E-state index in [9.17, 15) is 46.0 Å². The second kappa shape index (κ2) is 17.2. The normalized spacial score (nSPS) is 58.5. The van der Waals surface area contributed by atoms with Crippen LogP contribution in [0.15, 0.2) is 0 Å². The summed E-state index contributed by atoms with van der Waals surface area (Å²) in [5.74, 6) is 3.12. The Balaban J connectivity index is 0.917. The molecule has 9 aliphatic rings. The third kappa shape index (κ3) is 7.58. The van der Waals surface area contributed by atoms with Gasteiger partial charge in [0.1, 0.15) is 67.1 Å². The molecular formula is C44H72O17. The first-order chi connectivity index (χ1) is 29.0. The largest absolute Gasteiger partial charge is 0.394 e. The molecule has 350 valence electrons. The van der Waals surface area contributed by atoms with Crippen molar-refractivity contribution >= 4 is 0 Å². The van der Waals surface area contributed by atoms with Gasteiger partial charge in [-0.15, -0.1) is 0 Å². The van der Waals surface area contributed by atoms with Gasteiger partial charge >= 0.3 is 0 Å². The monoisotopic (exact) mass is 872 g/mol. The Hall–Kier alpha value is -0.680. The van der Waals surface area contributed by atoms with Crippen molar-refractivity contribution in [2.45, 2.75) is 196 Å². The lowest BCUT2D eigenvalue weighted by atomic mass is 9.44. The lowest BCUT2D eigenvalue weighted by molar-refractivity contribution is -0.392. The summed E-state index contributed by atoms with van der Waals surface area (Å²) < 4.78 is 50.0. The molecule has 4 saturated carbocycles. The number of aliphatic hydroxyl groups excluding tert-OH is 9. The summed E-state index contributed by atoms with van der Waals surface area (Å²) in [5.41, 5.74) is 0.301. The van der Waals surface area contributed by atoms with Crippen LogP contribution in [0.4, 0.5) is 0 Å². The van der Waals surface area contributed by atoms with Gasteiger partial charge in [-0.2, -0.15) is 0 Å². The van der Waals surface area contributed by atoms with Gasteiger partial charge in [0.25, 0.3) is 0 Å². The van der Waals surface area contributed by atoms with Crippen molar-refractivity contribution in [2.75, 3.05) is 26.4 Å². The maximum atomic E-state index is 11.5. The van der Waals surface area contributed by atoms with Crippen LogP contribution in [0.1, 0.15) is 91.9 Å². The molecule has 26 atom stereocenters. The van der Waals surface area contributed by atoms with Gasteiger partial charge in [-0.3, -0.25) is 0 Å². The van der Waals surface area contributed by atoms with Crippen molar-refractivity contribution in [3.63, 3.8) is 0 Å². The molecular weight excluding hydrogens is 800 g/mol. The molecule has 0 radical (unpaired) electrons. The van der Waals surface area contributed by atoms with Crippen LogP contribution in [0.5, 0.6) is 0 Å². The summed E-state index contributed by atoms with van der Waals surface area (Å²) in [5, 5.41) is 95.1. The molecule has 0 aromatic rings. The van der Waals surface area contributed by atoms with Crippen molar-refractivity contribution in [3.05, 3.63) is 0 Å². The van der Waals surface area contributed by atoms with Crippen LogP contribution >= 0.6 is 0 Å². The lowest BCUT2D eigenvalue weighted by Crippen LogP contribution is -2.67. The highest BCUT2D eigenvalue weighted by Gasteiger charge is 2.69. The predicted octanol–water partition coefficient (Wildman–Crippen LogP) is -0.0945. The van der Waals surface area contributed by atoms with Crippen LogP contribution in [0, 0.1) is 52.3 Å². The number of rotatable bonds is 8. The smallest absolute Gasteiger partial charge is 0.187 e. The van der Waals surface area contributed by atoms with Gasteiger partial charge in [-0.05, 0) is 104 Å². The molecule has 0 unspecified atom stereocenters. The summed E-state index contributed by atoms with van der Waals surface area (Å²) in [6, 6.07) is 0. The fraction of sp³-hybridized carbons (Fsp3) is 1.00. The number of fused-ring (bicyclic) bond motifs is 7. The summed E-state index contributed by atoms with van der Waals surface area (Å²) in [6.07, 6.45) is -11.8. The second-order valence-electron chi connectivity index (χ2n) is 21.1. The van der Waals surface area contributed by atoms with Crippen LogP contribution < -0.4 is 0 Å². The van der Waals surface area contributed by atoms with Crippen LogP contribution in [0.2, 0.25) is 0 Å². The molecule has 61 heavy (non-hydrogen) atoms. The van der Waals surface area contributed by atoms with Crippen molar-refractivity contribution in [2.24, 2.45) is 52.3 Å². The first-order valence-corrected chi connectivity index (χ1v) is 23.2. The van der Waals surface area contributed by atoms with E-state index < -0.39 is 112 Å². The predicted molar refractivity (Wildman–Crippen MR) is 210 cm³/mol. The third-order valence-electron chi connectivity index (χ3n) is 17.9. The first kappa shape index (κ1) is 45.5. The van der Waals surface area contributed by atoms with Crippen LogP contribution in [0.3, 0.4) is 0 Å². The Bertz CT molecular complexity index is 1520. The average Bonchev–Trinajstić information content (AvgIpc) is 3.69. The molecule has 9 fully saturated rings. The van der Waals surface area contributed by atoms with Crippen molar-refractivity contribution < 1.29 is 83.9 Å². The van der Waals surface area contributed by atoms with E-state index in [2.05, 4.69) is 27.7 Å². The van der Waals surface area contributed by atoms with E-state index in [0.29, 0.717) is 47.8 Å². The Morgan fingerprint density at radius 3 is 2.02 bits per heavy atom. The fourth-order valence-corrected chi connectivity index (χ4v) is 14.4. The SMILES string of the molecule is C[C@@H]1CC[C@@]2(OC1)O[C@H]1C[C@H]3[C@@H]4CC[C@@H]5C[C@@H](O[C@@H]6O[C@H](CO)[C@H](O)[C@H](O[C@@H]7OC[C@@H](O)[C@H](O)[C@H]7O)[C@H]6O[C@@H]6O[C@H](CO)[C@@H](O)[C@H](O)[C@H]6O)CC[C@]5(C)[C@H]4CC[C@]3(C)[C@H]1[C@@H]2C. The molecule has 9 N–H and O–H groups in total. The van der Waals surface area contributed by atoms with Crippen molar-refractivity contribution in [1.29, 1.82) is 0 Å². The molecule has 0 bridgehead atoms. The van der Waals surface area contributed by atoms with Gasteiger partial charge < -0.3 is 83.9 Å². The lowest BCUT2D eigenvalue weighted by Gasteiger charge is -2.61. The van der Waals surface area contributed by atoms with E-state index in [0.717, 1.165) is 51.6 Å². The first-order valence-electron chi connectivity index (χ1n) is 23.2. The average molecular weight is 873 g/mol. The molecule has 5 heterocycles. The van der Waals surface area contributed by atoms with Crippen LogP contribution in [-0.2, 0) is 37.9 Å². The van der Waals surface area contributed by atoms with Crippen LogP contribution in [-0.4, -0.2) is 176 Å². The standard InChI is InChI=1S/C44H72O17/c1-19-7-12-44(55-17-19)20(2)30-27(61-44)14-25-23-6-5-21-13-22(8-10-42(21,3)24(23)9-11-43(25,30)4)56-41-38(60-40-36(53)34(51)32(49)28(15-45)57-40)37(33(50)29(16-46)58-41)59-39-35(52)31(48)26(47)18-54-39/h19-41,45-53H,5-18H2,1-4H3/t19-,20+,21-,22+,23-,24+,25+,26-,27+,28-,29-,30+,31+,32-,33+,34+,35-,36-,37+,38-,39+,40+,41-,42+,43+,44-/m1/s1. The molecule has 4 aliphatic carbocycles. The van der Waals surface area contributed by atoms with Gasteiger partial charge in [-0.1, -0.05) is 27.7 Å². The quantitative estimate of drug-likeness (QED) is 0.145. The maximum absolute atomic E-state index is 11.5. The van der Waals surface area contributed by atoms with E-state index in [1.54, 1.807) is 0 Å². The topological polar surface area (TPSA) is 256 Å². The van der Waals surface area contributed by atoms with Crippen molar-refractivity contribution in [1.82, 2.24) is 0 Å². The number of aliphatic hydroxyl groups is 9. The number of hydrogen-bond acceptors (Lipinski definition) is 17. The summed E-state index contributed by atoms with van der Waals surface area (Å²) in [6.45, 7) is 8.68. The Kier molecular flexibility index (Phi) is 12.8. The Morgan fingerprint density at radius 1 is 0.607 bits per heavy atom. The van der Waals surface area contributed by atoms with E-state index >= 15 is 0 Å². The highest BCUT2D eigenvalue weighted by atomic mass is 16.8. The van der Waals surface area contributed by atoms with Gasteiger partial charge in [-0.25, -0.2) is 0 Å². The summed E-state index contributed by atoms with van der Waals surface area (Å²) in [4.78, 5) is 0. The third-order valence-corrected chi connectivity index (χ3v) is 17.9. The molecule has 5 saturated heterocycles. The highest BCUT2D eigenvalue weighted by Crippen LogP contribution is 2.71. The molecule has 1 spiro atoms. The zero-order chi connectivity index (χ0) is 43.3. The van der Waals surface area contributed by atoms with Gasteiger partial charge in [0.2, 0.25) is 0 Å². The Labute approximate surface area is 357 Å². The highest BCUT2D eigenvalue weighted by molar-refractivity contribution is 5.15. The minimum absolute atomic E-state index is 0.0904. The molecule has 0 amide bonds. The van der Waals surface area contributed by atoms with Crippen LogP contribution in [0.25, 0.3) is 0 Å². The maximum Gasteiger partial charge on any atom is 0.187 e. The van der Waals surface area contributed by atoms with E-state index in [4.69, 9.17) is 37.9 Å². The zero-order valence-corrected chi connectivity index (χ0v) is 36.0. The molecule has 0 aromatic carbocycles. The summed E-state index contributed by atoms with van der Waals surface area (Å²) in [7, 11) is 0. The fourth-order valence-electron chi connectivity index (χ4n) is 14.4. The number of ether oxygens (including phenoxy) is 8. The Morgan fingerprint density at radius 2 is 1.30 bits per heavy atom. The number of hydrogen-bond donors (Lipinski definition) is 9. The molecule has 17 nitrogen and oxygen atoms in total. The van der Waals surface area contributed by atoms with Gasteiger partial charge in [0.05, 0.1) is 38.6 Å². The van der Waals surface area contributed by atoms with Crippen molar-refractivity contribution in [3.8, 4) is 0 Å². The van der Waals surface area contributed by atoms with Gasteiger partial charge in [0, 0.05) is 12.3 Å². The van der Waals surface area contributed by atoms with Gasteiger partial charge in [0.15, 0.2) is 24.7 Å². The minimum Gasteiger partial charge on any atom is -0.394 e. The molecule has 5 aliphatic heterocycles. The zero-order valence-electron chi connectivity index (χ0n) is 36.0. The van der Waals surface area contributed by atoms with E-state index in [1.807, 2.05) is 0 Å². The van der Waals surface area contributed by atoms with E-state index in [-0.39, 0.29) is 23.0 Å². The van der Waals surface area contributed by atoms with E-state index in [1.165, 1.54) is 12.8 Å². The molecule has 9 rings (SSSR count).